The highest BCUT2D eigenvalue weighted by atomic mass is 32.2. The number of aryl methyl sites for hydroxylation is 1. The minimum absolute atomic E-state index is 0.257. The van der Waals surface area contributed by atoms with Gasteiger partial charge in [-0.3, -0.25) is 0 Å². The monoisotopic (exact) mass is 284 g/mol. The first-order chi connectivity index (χ1) is 8.67. The molecule has 1 aromatic rings. The molecule has 0 radical (unpaired) electrons. The van der Waals surface area contributed by atoms with Crippen LogP contribution in [0.3, 0.4) is 0 Å². The molecule has 1 aromatic heterocycles. The lowest BCUT2D eigenvalue weighted by atomic mass is 9.98. The van der Waals surface area contributed by atoms with Gasteiger partial charge >= 0.3 is 0 Å². The van der Waals surface area contributed by atoms with E-state index in [0.717, 1.165) is 11.4 Å². The van der Waals surface area contributed by atoms with E-state index in [2.05, 4.69) is 4.98 Å². The van der Waals surface area contributed by atoms with Crippen molar-refractivity contribution in [3.05, 3.63) is 5.69 Å². The lowest BCUT2D eigenvalue weighted by molar-refractivity contribution is -0.0267. The standard InChI is InChI=1S/C13H20N2OS2/c1-9-11(18-12(14)15-9)17-8-10-4-7-13(16-10)5-2-3-6-13/h10H,2-8H2,1H3,(H2,14,15). The zero-order chi connectivity index (χ0) is 12.6. The number of hydrogen-bond acceptors (Lipinski definition) is 5. The largest absolute Gasteiger partial charge is 0.375 e. The van der Waals surface area contributed by atoms with Crippen molar-refractivity contribution in [2.75, 3.05) is 11.5 Å². The number of thiazole rings is 1. The second-order valence-electron chi connectivity index (χ2n) is 5.40. The maximum Gasteiger partial charge on any atom is 0.181 e. The SMILES string of the molecule is Cc1nc(N)sc1SCC1CCC2(CCCC2)O1. The number of hydrogen-bond donors (Lipinski definition) is 1. The third-order valence-electron chi connectivity index (χ3n) is 4.02. The number of rotatable bonds is 3. The van der Waals surface area contributed by atoms with Gasteiger partial charge in [0.15, 0.2) is 5.13 Å². The van der Waals surface area contributed by atoms with Crippen molar-refractivity contribution in [1.82, 2.24) is 4.98 Å². The predicted octanol–water partition coefficient (Wildman–Crippen LogP) is 3.62. The normalized spacial score (nSPS) is 26.2. The molecule has 2 N–H and O–H groups in total. The minimum atomic E-state index is 0.257. The van der Waals surface area contributed by atoms with Gasteiger partial charge in [-0.2, -0.15) is 0 Å². The highest BCUT2D eigenvalue weighted by molar-refractivity contribution is 8.01. The van der Waals surface area contributed by atoms with Crippen LogP contribution >= 0.6 is 23.1 Å². The summed E-state index contributed by atoms with van der Waals surface area (Å²) < 4.78 is 7.56. The highest BCUT2D eigenvalue weighted by Gasteiger charge is 2.41. The number of nitrogens with two attached hydrogens (primary N) is 1. The Kier molecular flexibility index (Phi) is 3.56. The van der Waals surface area contributed by atoms with Crippen molar-refractivity contribution in [1.29, 1.82) is 0 Å². The van der Waals surface area contributed by atoms with E-state index >= 15 is 0 Å². The van der Waals surface area contributed by atoms with Crippen molar-refractivity contribution >= 4 is 28.2 Å². The summed E-state index contributed by atoms with van der Waals surface area (Å²) in [5.74, 6) is 1.05. The van der Waals surface area contributed by atoms with Crippen LogP contribution in [0.5, 0.6) is 0 Å². The zero-order valence-electron chi connectivity index (χ0n) is 10.8. The molecule has 1 saturated carbocycles. The van der Waals surface area contributed by atoms with Crippen LogP contribution in [0.1, 0.15) is 44.2 Å². The number of nitrogens with zero attached hydrogens (tertiary/aromatic N) is 1. The Balaban J connectivity index is 1.54. The van der Waals surface area contributed by atoms with Crippen molar-refractivity contribution in [3.63, 3.8) is 0 Å². The molecule has 2 heterocycles. The van der Waals surface area contributed by atoms with E-state index < -0.39 is 0 Å². The molecule has 1 spiro atoms. The minimum Gasteiger partial charge on any atom is -0.375 e. The fraction of sp³-hybridized carbons (Fsp3) is 0.769. The van der Waals surface area contributed by atoms with Crippen molar-refractivity contribution in [2.24, 2.45) is 0 Å². The van der Waals surface area contributed by atoms with Crippen molar-refractivity contribution in [3.8, 4) is 0 Å². The number of thioether (sulfide) groups is 1. The maximum absolute atomic E-state index is 6.31. The molecule has 100 valence electrons. The summed E-state index contributed by atoms with van der Waals surface area (Å²) >= 11 is 3.45. The molecule has 0 bridgehead atoms. The van der Waals surface area contributed by atoms with Crippen LogP contribution < -0.4 is 5.73 Å². The Morgan fingerprint density at radius 3 is 2.89 bits per heavy atom. The van der Waals surface area contributed by atoms with E-state index in [1.807, 2.05) is 18.7 Å². The van der Waals surface area contributed by atoms with E-state index in [0.29, 0.717) is 11.2 Å². The topological polar surface area (TPSA) is 48.1 Å². The molecular formula is C13H20N2OS2. The summed E-state index contributed by atoms with van der Waals surface area (Å²) in [6.45, 7) is 2.03. The molecule has 1 unspecified atom stereocenters. The van der Waals surface area contributed by atoms with E-state index in [4.69, 9.17) is 10.5 Å². The molecule has 1 aliphatic carbocycles. The number of ether oxygens (including phenoxy) is 1. The second-order valence-corrected chi connectivity index (χ2v) is 7.72. The highest BCUT2D eigenvalue weighted by Crippen LogP contribution is 2.44. The van der Waals surface area contributed by atoms with Gasteiger partial charge in [0, 0.05) is 5.75 Å². The van der Waals surface area contributed by atoms with Gasteiger partial charge in [-0.25, -0.2) is 4.98 Å². The lowest BCUT2D eigenvalue weighted by Gasteiger charge is -2.23. The summed E-state index contributed by atoms with van der Waals surface area (Å²) in [6.07, 6.45) is 8.18. The van der Waals surface area contributed by atoms with Gasteiger partial charge in [-0.15, -0.1) is 11.8 Å². The Hall–Kier alpha value is -0.260. The van der Waals surface area contributed by atoms with Gasteiger partial charge in [-0.1, -0.05) is 24.2 Å². The first-order valence-corrected chi connectivity index (χ1v) is 8.51. The summed E-state index contributed by atoms with van der Waals surface area (Å²) in [5.41, 5.74) is 7.04. The van der Waals surface area contributed by atoms with Crippen LogP contribution in [0.25, 0.3) is 0 Å². The average molecular weight is 284 g/mol. The molecule has 3 nitrogen and oxygen atoms in total. The Morgan fingerprint density at radius 1 is 1.44 bits per heavy atom. The molecule has 2 aliphatic rings. The van der Waals surface area contributed by atoms with Gasteiger partial charge in [0.25, 0.3) is 0 Å². The molecular weight excluding hydrogens is 264 g/mol. The summed E-state index contributed by atoms with van der Waals surface area (Å²) in [5, 5.41) is 0.676. The molecule has 0 amide bonds. The third-order valence-corrected chi connectivity index (χ3v) is 6.51. The molecule has 1 saturated heterocycles. The van der Waals surface area contributed by atoms with Crippen LogP contribution in [-0.4, -0.2) is 22.4 Å². The quantitative estimate of drug-likeness (QED) is 0.861. The van der Waals surface area contributed by atoms with Crippen LogP contribution in [0.4, 0.5) is 5.13 Å². The van der Waals surface area contributed by atoms with Gasteiger partial charge in [0.1, 0.15) is 0 Å². The fourth-order valence-electron chi connectivity index (χ4n) is 3.11. The Morgan fingerprint density at radius 2 is 2.22 bits per heavy atom. The molecule has 0 aromatic carbocycles. The van der Waals surface area contributed by atoms with E-state index in [9.17, 15) is 0 Å². The van der Waals surface area contributed by atoms with Gasteiger partial charge in [0.2, 0.25) is 0 Å². The van der Waals surface area contributed by atoms with Gasteiger partial charge in [0.05, 0.1) is 21.6 Å². The smallest absolute Gasteiger partial charge is 0.181 e. The molecule has 18 heavy (non-hydrogen) atoms. The molecule has 1 aliphatic heterocycles. The summed E-state index contributed by atoms with van der Waals surface area (Å²) in [6, 6.07) is 0. The molecule has 1 atom stereocenters. The van der Waals surface area contributed by atoms with Crippen LogP contribution in [0, 0.1) is 6.92 Å². The Labute approximate surface area is 117 Å². The van der Waals surface area contributed by atoms with Crippen LogP contribution in [0.15, 0.2) is 4.21 Å². The first-order valence-electron chi connectivity index (χ1n) is 6.70. The van der Waals surface area contributed by atoms with E-state index in [-0.39, 0.29) is 5.60 Å². The molecule has 5 heteroatoms. The zero-order valence-corrected chi connectivity index (χ0v) is 12.4. The number of aromatic nitrogens is 1. The molecule has 2 fully saturated rings. The van der Waals surface area contributed by atoms with Crippen molar-refractivity contribution < 1.29 is 4.74 Å². The second kappa shape index (κ2) is 5.02. The van der Waals surface area contributed by atoms with E-state index in [1.165, 1.54) is 42.7 Å². The maximum atomic E-state index is 6.31. The Bertz CT molecular complexity index is 427. The average Bonchev–Trinajstić information content (AvgIpc) is 3.01. The summed E-state index contributed by atoms with van der Waals surface area (Å²) in [4.78, 5) is 4.26. The first kappa shape index (κ1) is 12.8. The number of nitrogen functional groups attached to an aromatic ring is 1. The third kappa shape index (κ3) is 2.53. The summed E-state index contributed by atoms with van der Waals surface area (Å²) in [7, 11) is 0. The van der Waals surface area contributed by atoms with E-state index in [1.54, 1.807) is 11.3 Å². The van der Waals surface area contributed by atoms with Gasteiger partial charge in [-0.05, 0) is 32.6 Å². The number of anilines is 1. The van der Waals surface area contributed by atoms with Crippen molar-refractivity contribution in [2.45, 2.75) is 61.4 Å². The van der Waals surface area contributed by atoms with Crippen LogP contribution in [-0.2, 0) is 4.74 Å². The van der Waals surface area contributed by atoms with Gasteiger partial charge < -0.3 is 10.5 Å². The predicted molar refractivity (Wildman–Crippen MR) is 77.3 cm³/mol. The van der Waals surface area contributed by atoms with Crippen LogP contribution in [0.2, 0.25) is 0 Å². The fourth-order valence-corrected chi connectivity index (χ4v) is 5.19. The lowest BCUT2D eigenvalue weighted by Crippen LogP contribution is -2.25. The molecule has 3 rings (SSSR count).